The number of nitrogens with zero attached hydrogens (tertiary/aromatic N) is 4. The average Bonchev–Trinajstić information content (AvgIpc) is 3.38. The van der Waals surface area contributed by atoms with Crippen LogP contribution in [-0.4, -0.2) is 50.8 Å². The minimum Gasteiger partial charge on any atom is -0.497 e. The van der Waals surface area contributed by atoms with Gasteiger partial charge in [0.1, 0.15) is 5.75 Å². The van der Waals surface area contributed by atoms with Crippen LogP contribution in [0.1, 0.15) is 57.2 Å². The molecule has 0 bridgehead atoms. The molecule has 1 unspecified atom stereocenters. The molecule has 252 valence electrons. The number of hydrogen-bond acceptors (Lipinski definition) is 7. The van der Waals surface area contributed by atoms with Crippen LogP contribution < -0.4 is 14.2 Å². The Bertz CT molecular complexity index is 1870. The second kappa shape index (κ2) is 14.1. The largest absolute Gasteiger partial charge is 0.497 e. The summed E-state index contributed by atoms with van der Waals surface area (Å²) in [5.41, 5.74) is 4.28. The van der Waals surface area contributed by atoms with Crippen LogP contribution in [0.5, 0.6) is 11.5 Å². The van der Waals surface area contributed by atoms with E-state index < -0.39 is 15.7 Å². The predicted molar refractivity (Wildman–Crippen MR) is 187 cm³/mol. The molecule has 2 amide bonds. The number of carbonyl (C=O) groups is 1. The zero-order chi connectivity index (χ0) is 34.5. The summed E-state index contributed by atoms with van der Waals surface area (Å²) in [6.07, 6.45) is 2.87. The Morgan fingerprint density at radius 1 is 0.854 bits per heavy atom. The number of likely N-dealkylation sites (N-methyl/N-ethyl adjacent to an activating group) is 1. The Labute approximate surface area is 283 Å². The number of urea groups is 1. The van der Waals surface area contributed by atoms with E-state index in [2.05, 4.69) is 65.0 Å². The first-order valence-corrected chi connectivity index (χ1v) is 17.5. The maximum Gasteiger partial charge on any atom is 0.363 e. The third-order valence-electron chi connectivity index (χ3n) is 8.65. The van der Waals surface area contributed by atoms with Gasteiger partial charge in [0.15, 0.2) is 17.2 Å². The van der Waals surface area contributed by atoms with Gasteiger partial charge in [0.05, 0.1) is 24.8 Å². The molecular formula is C37H43N5O5S. The molecule has 0 fully saturated rings. The monoisotopic (exact) mass is 669 g/mol. The summed E-state index contributed by atoms with van der Waals surface area (Å²) >= 11 is 0. The first kappa shape index (κ1) is 34.6. The Morgan fingerprint density at radius 3 is 2.12 bits per heavy atom. The molecule has 1 aliphatic heterocycles. The van der Waals surface area contributed by atoms with Crippen LogP contribution in [-0.2, 0) is 28.3 Å². The normalized spacial score (nSPS) is 16.3. The van der Waals surface area contributed by atoms with Crippen molar-refractivity contribution in [3.05, 3.63) is 102 Å². The average molecular weight is 670 g/mol. The van der Waals surface area contributed by atoms with Crippen LogP contribution >= 0.6 is 0 Å². The highest BCUT2D eigenvalue weighted by Crippen LogP contribution is 2.35. The number of methoxy groups -OCH3 is 2. The van der Waals surface area contributed by atoms with E-state index in [4.69, 9.17) is 9.47 Å². The van der Waals surface area contributed by atoms with E-state index in [0.29, 0.717) is 36.6 Å². The molecule has 3 aromatic carbocycles. The summed E-state index contributed by atoms with van der Waals surface area (Å²) in [5, 5.41) is 8.53. The van der Waals surface area contributed by atoms with Crippen LogP contribution in [0.15, 0.2) is 100 Å². The third-order valence-corrected chi connectivity index (χ3v) is 10.0. The minimum atomic E-state index is -3.92. The van der Waals surface area contributed by atoms with Gasteiger partial charge in [-0.05, 0) is 84.7 Å². The fraction of sp³-hybridized carbons (Fsp3) is 0.351. The zero-order valence-corrected chi connectivity index (χ0v) is 29.2. The third kappa shape index (κ3) is 7.68. The van der Waals surface area contributed by atoms with Crippen LogP contribution in [0, 0.1) is 0 Å². The highest BCUT2D eigenvalue weighted by molar-refractivity contribution is 7.92. The number of ether oxygens (including phenoxy) is 2. The molecule has 0 spiro atoms. The number of pyridine rings is 1. The van der Waals surface area contributed by atoms with Gasteiger partial charge >= 0.3 is 6.03 Å². The topological polar surface area (TPSA) is 123 Å². The number of benzene rings is 3. The standard InChI is InChI=1S/C37H43N5O5S/c1-7-42-35(43)39-41-37(42,25-27-12-16-29(17-13-27)36(2,3)4)24-8-9-26-10-14-28(15-11-26)32-22-23-33(47-6)34(38-32)40-48(44,45)31-20-18-30(46-5)19-21-31/h10-23H,7-9,24-25H2,1-6H3,(H,38,40). The predicted octanol–water partition coefficient (Wildman–Crippen LogP) is 8.03. The number of azo groups is 1. The van der Waals surface area contributed by atoms with E-state index in [-0.39, 0.29) is 22.2 Å². The van der Waals surface area contributed by atoms with Crippen LogP contribution in [0.3, 0.4) is 0 Å². The highest BCUT2D eigenvalue weighted by atomic mass is 32.2. The number of carbonyl (C=O) groups excluding carboxylic acids is 1. The summed E-state index contributed by atoms with van der Waals surface area (Å²) in [5.74, 6) is 0.947. The number of hydrogen-bond donors (Lipinski definition) is 1. The molecule has 0 saturated carbocycles. The van der Waals surface area contributed by atoms with Crippen molar-refractivity contribution in [2.75, 3.05) is 25.5 Å². The molecule has 2 heterocycles. The molecule has 1 aliphatic rings. The van der Waals surface area contributed by atoms with E-state index in [0.717, 1.165) is 29.5 Å². The first-order valence-electron chi connectivity index (χ1n) is 16.0. The van der Waals surface area contributed by atoms with Crippen molar-refractivity contribution < 1.29 is 22.7 Å². The summed E-state index contributed by atoms with van der Waals surface area (Å²) < 4.78 is 39.3. The van der Waals surface area contributed by atoms with Crippen molar-refractivity contribution >= 4 is 21.9 Å². The fourth-order valence-corrected chi connectivity index (χ4v) is 6.92. The molecule has 5 rings (SSSR count). The number of aromatic nitrogens is 1. The van der Waals surface area contributed by atoms with Crippen molar-refractivity contribution in [2.45, 2.75) is 69.4 Å². The summed E-state index contributed by atoms with van der Waals surface area (Å²) in [6.45, 7) is 9.08. The van der Waals surface area contributed by atoms with Crippen LogP contribution in [0.25, 0.3) is 11.3 Å². The van der Waals surface area contributed by atoms with Gasteiger partial charge in [0, 0.05) is 18.5 Å². The van der Waals surface area contributed by atoms with Gasteiger partial charge in [-0.2, -0.15) is 5.11 Å². The number of anilines is 1. The zero-order valence-electron chi connectivity index (χ0n) is 28.4. The summed E-state index contributed by atoms with van der Waals surface area (Å²) in [6, 6.07) is 25.9. The summed E-state index contributed by atoms with van der Waals surface area (Å²) in [7, 11) is -0.940. The maximum atomic E-state index is 13.1. The molecule has 48 heavy (non-hydrogen) atoms. The van der Waals surface area contributed by atoms with E-state index in [1.165, 1.54) is 31.9 Å². The van der Waals surface area contributed by atoms with Gasteiger partial charge in [-0.25, -0.2) is 18.2 Å². The van der Waals surface area contributed by atoms with Gasteiger partial charge in [0.2, 0.25) is 0 Å². The van der Waals surface area contributed by atoms with Gasteiger partial charge in [0.25, 0.3) is 10.0 Å². The van der Waals surface area contributed by atoms with E-state index in [9.17, 15) is 13.2 Å². The lowest BCUT2D eigenvalue weighted by molar-refractivity contribution is 0.138. The number of aryl methyl sites for hydroxylation is 1. The molecule has 4 aromatic rings. The Morgan fingerprint density at radius 2 is 1.52 bits per heavy atom. The van der Waals surface area contributed by atoms with Crippen LogP contribution in [0.4, 0.5) is 10.6 Å². The lowest BCUT2D eigenvalue weighted by atomic mass is 9.85. The van der Waals surface area contributed by atoms with Crippen molar-refractivity contribution in [1.82, 2.24) is 9.88 Å². The van der Waals surface area contributed by atoms with Crippen molar-refractivity contribution in [2.24, 2.45) is 10.2 Å². The molecule has 1 aromatic heterocycles. The van der Waals surface area contributed by atoms with Crippen LogP contribution in [0.2, 0.25) is 0 Å². The quantitative estimate of drug-likeness (QED) is 0.154. The van der Waals surface area contributed by atoms with Gasteiger partial charge in [-0.15, -0.1) is 0 Å². The van der Waals surface area contributed by atoms with Crippen molar-refractivity contribution in [3.8, 4) is 22.8 Å². The number of amides is 2. The van der Waals surface area contributed by atoms with Gasteiger partial charge in [-0.1, -0.05) is 74.4 Å². The Kier molecular flexibility index (Phi) is 10.2. The molecule has 1 atom stereocenters. The first-order chi connectivity index (χ1) is 22.9. The second-order valence-electron chi connectivity index (χ2n) is 12.9. The SMILES string of the molecule is CCN1C(=O)N=NC1(CCCc1ccc(-c2ccc(OC)c(NS(=O)(=O)c3ccc(OC)cc3)n2)cc1)Cc1ccc(C(C)(C)C)cc1. The number of sulfonamides is 1. The Balaban J connectivity index is 1.28. The molecule has 10 nitrogen and oxygen atoms in total. The number of nitrogens with one attached hydrogen (secondary N) is 1. The molecule has 0 radical (unpaired) electrons. The molecule has 0 aliphatic carbocycles. The Hall–Kier alpha value is -4.77. The minimum absolute atomic E-state index is 0.0609. The second-order valence-corrected chi connectivity index (χ2v) is 14.6. The molecule has 11 heteroatoms. The lowest BCUT2D eigenvalue weighted by Crippen LogP contribution is -2.47. The fourth-order valence-electron chi connectivity index (χ4n) is 5.91. The van der Waals surface area contributed by atoms with Crippen molar-refractivity contribution in [1.29, 1.82) is 0 Å². The molecule has 0 saturated heterocycles. The summed E-state index contributed by atoms with van der Waals surface area (Å²) in [4.78, 5) is 19.1. The maximum absolute atomic E-state index is 13.1. The van der Waals surface area contributed by atoms with Gasteiger partial charge in [-0.3, -0.25) is 9.62 Å². The smallest absolute Gasteiger partial charge is 0.363 e. The van der Waals surface area contributed by atoms with Gasteiger partial charge < -0.3 is 9.47 Å². The van der Waals surface area contributed by atoms with E-state index in [1.54, 1.807) is 29.2 Å². The number of rotatable bonds is 13. The van der Waals surface area contributed by atoms with E-state index in [1.807, 2.05) is 31.2 Å². The highest BCUT2D eigenvalue weighted by Gasteiger charge is 2.43. The molecular weight excluding hydrogens is 627 g/mol. The lowest BCUT2D eigenvalue weighted by Gasteiger charge is -2.34. The van der Waals surface area contributed by atoms with E-state index >= 15 is 0 Å². The molecule has 1 N–H and O–H groups in total. The van der Waals surface area contributed by atoms with Crippen molar-refractivity contribution in [3.63, 3.8) is 0 Å².